The fourth-order valence-corrected chi connectivity index (χ4v) is 4.24. The lowest BCUT2D eigenvalue weighted by Gasteiger charge is -2.36. The number of rotatable bonds is 3. The molecule has 0 bridgehead atoms. The van der Waals surface area contributed by atoms with Crippen molar-refractivity contribution < 1.29 is 14.4 Å². The van der Waals surface area contributed by atoms with Gasteiger partial charge in [0, 0.05) is 43.8 Å². The van der Waals surface area contributed by atoms with Gasteiger partial charge in [-0.05, 0) is 49.9 Å². The number of amides is 3. The predicted molar refractivity (Wildman–Crippen MR) is 106 cm³/mol. The number of benzene rings is 1. The van der Waals surface area contributed by atoms with Crippen LogP contribution in [0.4, 0.5) is 0 Å². The van der Waals surface area contributed by atoms with Crippen LogP contribution in [0.25, 0.3) is 0 Å². The van der Waals surface area contributed by atoms with Gasteiger partial charge in [0.2, 0.25) is 11.8 Å². The number of halogens is 1. The number of hydrogen-bond donors (Lipinski definition) is 0. The maximum absolute atomic E-state index is 13.1. The highest BCUT2D eigenvalue weighted by Crippen LogP contribution is 2.25. The summed E-state index contributed by atoms with van der Waals surface area (Å²) < 4.78 is 0.915. The molecule has 2 aliphatic heterocycles. The SMILES string of the molecule is CN(C)C(=O)C1CCCN(C(=O)C2CCCN2C(=O)c2ccc(Br)cc2)C1. The molecule has 2 unspecified atom stereocenters. The molecule has 1 aromatic carbocycles. The van der Waals surface area contributed by atoms with Crippen LogP contribution in [0.3, 0.4) is 0 Å². The van der Waals surface area contributed by atoms with Crippen LogP contribution in [0.2, 0.25) is 0 Å². The maximum atomic E-state index is 13.1. The van der Waals surface area contributed by atoms with Crippen molar-refractivity contribution in [1.82, 2.24) is 14.7 Å². The Morgan fingerprint density at radius 2 is 1.70 bits per heavy atom. The van der Waals surface area contributed by atoms with Crippen molar-refractivity contribution in [2.24, 2.45) is 5.92 Å². The molecule has 0 spiro atoms. The number of carbonyl (C=O) groups excluding carboxylic acids is 3. The molecule has 2 aliphatic rings. The van der Waals surface area contributed by atoms with Gasteiger partial charge in [-0.15, -0.1) is 0 Å². The predicted octanol–water partition coefficient (Wildman–Crippen LogP) is 2.38. The first-order chi connectivity index (χ1) is 12.9. The maximum Gasteiger partial charge on any atom is 0.254 e. The van der Waals surface area contributed by atoms with Gasteiger partial charge in [-0.2, -0.15) is 0 Å². The van der Waals surface area contributed by atoms with Crippen molar-refractivity contribution in [3.63, 3.8) is 0 Å². The molecule has 7 heteroatoms. The Morgan fingerprint density at radius 1 is 1.04 bits per heavy atom. The molecule has 0 aliphatic carbocycles. The summed E-state index contributed by atoms with van der Waals surface area (Å²) in [6, 6.07) is 6.80. The third kappa shape index (κ3) is 4.34. The minimum Gasteiger partial charge on any atom is -0.349 e. The molecule has 6 nitrogen and oxygen atoms in total. The Kier molecular flexibility index (Phi) is 6.19. The van der Waals surface area contributed by atoms with E-state index < -0.39 is 6.04 Å². The van der Waals surface area contributed by atoms with Crippen molar-refractivity contribution in [3.05, 3.63) is 34.3 Å². The average molecular weight is 436 g/mol. The van der Waals surface area contributed by atoms with Gasteiger partial charge < -0.3 is 14.7 Å². The molecule has 2 heterocycles. The summed E-state index contributed by atoms with van der Waals surface area (Å²) in [7, 11) is 3.50. The van der Waals surface area contributed by atoms with Crippen LogP contribution in [0.5, 0.6) is 0 Å². The van der Waals surface area contributed by atoms with E-state index >= 15 is 0 Å². The molecule has 1 aromatic rings. The first-order valence-corrected chi connectivity index (χ1v) is 10.2. The highest BCUT2D eigenvalue weighted by molar-refractivity contribution is 9.10. The molecule has 2 atom stereocenters. The second kappa shape index (κ2) is 8.42. The summed E-state index contributed by atoms with van der Waals surface area (Å²) in [4.78, 5) is 43.4. The topological polar surface area (TPSA) is 60.9 Å². The van der Waals surface area contributed by atoms with E-state index in [0.29, 0.717) is 31.6 Å². The van der Waals surface area contributed by atoms with Gasteiger partial charge >= 0.3 is 0 Å². The number of likely N-dealkylation sites (tertiary alicyclic amines) is 2. The fourth-order valence-electron chi connectivity index (χ4n) is 3.98. The highest BCUT2D eigenvalue weighted by atomic mass is 79.9. The van der Waals surface area contributed by atoms with E-state index in [1.807, 2.05) is 12.1 Å². The van der Waals surface area contributed by atoms with Crippen molar-refractivity contribution in [3.8, 4) is 0 Å². The molecule has 3 rings (SSSR count). The standard InChI is InChI=1S/C20H26BrN3O3/c1-22(2)18(25)15-5-3-11-23(13-15)20(27)17-6-4-12-24(17)19(26)14-7-9-16(21)10-8-14/h7-10,15,17H,3-6,11-13H2,1-2H3. The Hall–Kier alpha value is -1.89. The number of hydrogen-bond acceptors (Lipinski definition) is 3. The zero-order valence-corrected chi connectivity index (χ0v) is 17.4. The molecular weight excluding hydrogens is 410 g/mol. The first kappa shape index (κ1) is 19.9. The van der Waals surface area contributed by atoms with Gasteiger partial charge in [-0.25, -0.2) is 0 Å². The molecule has 146 valence electrons. The van der Waals surface area contributed by atoms with Crippen LogP contribution in [0.1, 0.15) is 36.0 Å². The van der Waals surface area contributed by atoms with E-state index in [2.05, 4.69) is 15.9 Å². The highest BCUT2D eigenvalue weighted by Gasteiger charge is 2.39. The quantitative estimate of drug-likeness (QED) is 0.731. The Bertz CT molecular complexity index is 720. The summed E-state index contributed by atoms with van der Waals surface area (Å²) in [5.74, 6) is -0.193. The van der Waals surface area contributed by atoms with Crippen LogP contribution in [-0.4, -0.2) is 72.2 Å². The first-order valence-electron chi connectivity index (χ1n) is 9.45. The summed E-state index contributed by atoms with van der Waals surface area (Å²) in [6.45, 7) is 1.71. The molecule has 3 amide bonds. The van der Waals surface area contributed by atoms with Crippen LogP contribution in [0.15, 0.2) is 28.7 Å². The monoisotopic (exact) mass is 435 g/mol. The van der Waals surface area contributed by atoms with Gasteiger partial charge in [0.25, 0.3) is 5.91 Å². The van der Waals surface area contributed by atoms with Crippen LogP contribution < -0.4 is 0 Å². The van der Waals surface area contributed by atoms with E-state index in [1.165, 1.54) is 0 Å². The van der Waals surface area contributed by atoms with E-state index in [9.17, 15) is 14.4 Å². The van der Waals surface area contributed by atoms with Crippen LogP contribution >= 0.6 is 15.9 Å². The molecule has 2 fully saturated rings. The molecule has 0 radical (unpaired) electrons. The van der Waals surface area contributed by atoms with E-state index in [0.717, 1.165) is 23.7 Å². The van der Waals surface area contributed by atoms with Crippen molar-refractivity contribution in [2.45, 2.75) is 31.7 Å². The minimum absolute atomic E-state index is 0.0192. The Balaban J connectivity index is 1.70. The van der Waals surface area contributed by atoms with Gasteiger partial charge in [0.15, 0.2) is 0 Å². The molecule has 27 heavy (non-hydrogen) atoms. The summed E-state index contributed by atoms with van der Waals surface area (Å²) in [6.07, 6.45) is 3.15. The lowest BCUT2D eigenvalue weighted by molar-refractivity contribution is -0.141. The Morgan fingerprint density at radius 3 is 2.37 bits per heavy atom. The Labute approximate surface area is 168 Å². The van der Waals surface area contributed by atoms with Gasteiger partial charge in [0.1, 0.15) is 6.04 Å². The van der Waals surface area contributed by atoms with Gasteiger partial charge in [-0.1, -0.05) is 15.9 Å². The molecule has 2 saturated heterocycles. The molecular formula is C20H26BrN3O3. The lowest BCUT2D eigenvalue weighted by atomic mass is 9.96. The number of nitrogens with zero attached hydrogens (tertiary/aromatic N) is 3. The molecule has 0 aromatic heterocycles. The fraction of sp³-hybridized carbons (Fsp3) is 0.550. The average Bonchev–Trinajstić information content (AvgIpc) is 3.16. The molecule has 0 saturated carbocycles. The summed E-state index contributed by atoms with van der Waals surface area (Å²) in [5, 5.41) is 0. The number of piperidine rings is 1. The number of carbonyl (C=O) groups is 3. The minimum atomic E-state index is -0.422. The second-order valence-electron chi connectivity index (χ2n) is 7.52. The van der Waals surface area contributed by atoms with Crippen LogP contribution in [-0.2, 0) is 9.59 Å². The van der Waals surface area contributed by atoms with Gasteiger partial charge in [-0.3, -0.25) is 14.4 Å². The second-order valence-corrected chi connectivity index (χ2v) is 8.44. The van der Waals surface area contributed by atoms with Crippen molar-refractivity contribution in [2.75, 3.05) is 33.7 Å². The van der Waals surface area contributed by atoms with Gasteiger partial charge in [0.05, 0.1) is 5.92 Å². The smallest absolute Gasteiger partial charge is 0.254 e. The van der Waals surface area contributed by atoms with E-state index in [1.54, 1.807) is 40.9 Å². The van der Waals surface area contributed by atoms with E-state index in [-0.39, 0.29) is 23.6 Å². The van der Waals surface area contributed by atoms with E-state index in [4.69, 9.17) is 0 Å². The summed E-state index contributed by atoms with van der Waals surface area (Å²) in [5.41, 5.74) is 0.595. The van der Waals surface area contributed by atoms with Crippen molar-refractivity contribution >= 4 is 33.7 Å². The summed E-state index contributed by atoms with van der Waals surface area (Å²) >= 11 is 3.38. The molecule has 0 N–H and O–H groups in total. The largest absolute Gasteiger partial charge is 0.349 e. The normalized spacial score (nSPS) is 22.6. The zero-order chi connectivity index (χ0) is 19.6. The van der Waals surface area contributed by atoms with Crippen LogP contribution in [0, 0.1) is 5.92 Å². The third-order valence-electron chi connectivity index (χ3n) is 5.41. The van der Waals surface area contributed by atoms with Crippen molar-refractivity contribution in [1.29, 1.82) is 0 Å². The zero-order valence-electron chi connectivity index (χ0n) is 15.9. The third-order valence-corrected chi connectivity index (χ3v) is 5.94. The lowest BCUT2D eigenvalue weighted by Crippen LogP contribution is -2.52.